The van der Waals surface area contributed by atoms with Gasteiger partial charge in [0, 0.05) is 5.56 Å². The van der Waals surface area contributed by atoms with Gasteiger partial charge in [0.05, 0.1) is 0 Å². The highest BCUT2D eigenvalue weighted by atomic mass is 16.3. The summed E-state index contributed by atoms with van der Waals surface area (Å²) in [5, 5.41) is 14.1. The van der Waals surface area contributed by atoms with Gasteiger partial charge in [-0.2, -0.15) is 0 Å². The Morgan fingerprint density at radius 3 is 2.58 bits per heavy atom. The molecule has 1 aromatic carbocycles. The van der Waals surface area contributed by atoms with E-state index in [2.05, 4.69) is 5.10 Å². The van der Waals surface area contributed by atoms with Gasteiger partial charge in [-0.15, -0.1) is 0 Å². The van der Waals surface area contributed by atoms with Crippen LogP contribution in [0.15, 0.2) is 35.4 Å². The van der Waals surface area contributed by atoms with Gasteiger partial charge in [-0.3, -0.25) is 0 Å². The van der Waals surface area contributed by atoms with Crippen LogP contribution in [-0.2, 0) is 0 Å². The SMILES string of the molecule is [O-]C1=N/[N+](=C\c2ccccc2)C1. The summed E-state index contributed by atoms with van der Waals surface area (Å²) in [6.45, 7) is 0.412. The van der Waals surface area contributed by atoms with Crippen molar-refractivity contribution < 1.29 is 9.79 Å². The van der Waals surface area contributed by atoms with Gasteiger partial charge in [0.25, 0.3) is 0 Å². The zero-order valence-electron chi connectivity index (χ0n) is 6.47. The first kappa shape index (κ1) is 7.03. The lowest BCUT2D eigenvalue weighted by atomic mass is 10.2. The van der Waals surface area contributed by atoms with Crippen molar-refractivity contribution in [2.75, 3.05) is 6.54 Å². The van der Waals surface area contributed by atoms with Crippen LogP contribution in [0, 0.1) is 0 Å². The minimum absolute atomic E-state index is 0.0535. The molecule has 0 bridgehead atoms. The van der Waals surface area contributed by atoms with E-state index in [1.165, 1.54) is 0 Å². The van der Waals surface area contributed by atoms with Crippen LogP contribution >= 0.6 is 0 Å². The van der Waals surface area contributed by atoms with E-state index in [0.29, 0.717) is 6.54 Å². The van der Waals surface area contributed by atoms with Crippen LogP contribution in [-0.4, -0.2) is 23.3 Å². The number of hydrogen-bond acceptors (Lipinski definition) is 2. The van der Waals surface area contributed by atoms with Gasteiger partial charge in [0.2, 0.25) is 12.8 Å². The van der Waals surface area contributed by atoms with Crippen molar-refractivity contribution in [2.45, 2.75) is 0 Å². The first-order valence-electron chi connectivity index (χ1n) is 3.76. The van der Waals surface area contributed by atoms with Crippen molar-refractivity contribution >= 4 is 12.1 Å². The highest BCUT2D eigenvalue weighted by Crippen LogP contribution is 1.97. The highest BCUT2D eigenvalue weighted by molar-refractivity contribution is 5.80. The molecule has 2 rings (SSSR count). The van der Waals surface area contributed by atoms with Gasteiger partial charge in [-0.1, -0.05) is 22.9 Å². The zero-order chi connectivity index (χ0) is 8.39. The minimum atomic E-state index is -0.0535. The third-order valence-electron chi connectivity index (χ3n) is 1.63. The third kappa shape index (κ3) is 1.34. The van der Waals surface area contributed by atoms with Gasteiger partial charge in [-0.25, -0.2) is 0 Å². The quantitative estimate of drug-likeness (QED) is 0.524. The first-order valence-corrected chi connectivity index (χ1v) is 3.76. The first-order chi connectivity index (χ1) is 5.84. The molecule has 3 nitrogen and oxygen atoms in total. The van der Waals surface area contributed by atoms with Crippen LogP contribution in [0.5, 0.6) is 0 Å². The summed E-state index contributed by atoms with van der Waals surface area (Å²) in [6, 6.07) is 9.80. The Labute approximate surface area is 70.3 Å². The molecular formula is C9H8N2O. The highest BCUT2D eigenvalue weighted by Gasteiger charge is 2.13. The summed E-state index contributed by atoms with van der Waals surface area (Å²) in [7, 11) is 0. The molecule has 0 saturated carbocycles. The van der Waals surface area contributed by atoms with E-state index in [-0.39, 0.29) is 5.90 Å². The molecule has 1 aliphatic rings. The monoisotopic (exact) mass is 160 g/mol. The lowest BCUT2D eigenvalue weighted by Gasteiger charge is -2.11. The molecule has 60 valence electrons. The maximum Gasteiger partial charge on any atom is 0.208 e. The van der Waals surface area contributed by atoms with Crippen molar-refractivity contribution in [3.05, 3.63) is 35.9 Å². The van der Waals surface area contributed by atoms with Crippen LogP contribution in [0.1, 0.15) is 5.56 Å². The van der Waals surface area contributed by atoms with E-state index >= 15 is 0 Å². The molecular weight excluding hydrogens is 152 g/mol. The second kappa shape index (κ2) is 2.77. The van der Waals surface area contributed by atoms with Crippen molar-refractivity contribution in [3.8, 4) is 0 Å². The molecule has 1 aliphatic heterocycles. The second-order valence-corrected chi connectivity index (χ2v) is 2.63. The lowest BCUT2D eigenvalue weighted by Crippen LogP contribution is -2.38. The molecule has 3 heteroatoms. The number of hydrogen-bond donors (Lipinski definition) is 0. The van der Waals surface area contributed by atoms with Gasteiger partial charge >= 0.3 is 0 Å². The Morgan fingerprint density at radius 2 is 2.00 bits per heavy atom. The normalized spacial score (nSPS) is 18.7. The Kier molecular flexibility index (Phi) is 1.63. The average Bonchev–Trinajstić information content (AvgIpc) is 2.04. The Hall–Kier alpha value is -1.64. The summed E-state index contributed by atoms with van der Waals surface area (Å²) >= 11 is 0. The predicted octanol–water partition coefficient (Wildman–Crippen LogP) is -0.195. The molecule has 0 spiro atoms. The smallest absolute Gasteiger partial charge is 0.208 e. The molecule has 0 N–H and O–H groups in total. The fourth-order valence-corrected chi connectivity index (χ4v) is 1.06. The van der Waals surface area contributed by atoms with E-state index in [0.717, 1.165) is 5.56 Å². The van der Waals surface area contributed by atoms with Crippen molar-refractivity contribution in [3.63, 3.8) is 0 Å². The van der Waals surface area contributed by atoms with Gasteiger partial charge in [-0.05, 0) is 17.2 Å². The number of rotatable bonds is 1. The molecule has 0 fully saturated rings. The molecule has 0 saturated heterocycles. The number of benzene rings is 1. The van der Waals surface area contributed by atoms with Crippen molar-refractivity contribution in [1.29, 1.82) is 0 Å². The molecule has 12 heavy (non-hydrogen) atoms. The lowest BCUT2D eigenvalue weighted by molar-refractivity contribution is -0.558. The summed E-state index contributed by atoms with van der Waals surface area (Å²) < 4.78 is 1.64. The van der Waals surface area contributed by atoms with E-state index in [1.54, 1.807) is 4.68 Å². The Balaban J connectivity index is 2.20. The predicted molar refractivity (Wildman–Crippen MR) is 44.2 cm³/mol. The summed E-state index contributed by atoms with van der Waals surface area (Å²) in [6.07, 6.45) is 1.85. The Bertz CT molecular complexity index is 341. The van der Waals surface area contributed by atoms with E-state index < -0.39 is 0 Å². The largest absolute Gasteiger partial charge is 0.853 e. The second-order valence-electron chi connectivity index (χ2n) is 2.63. The molecule has 0 aromatic heterocycles. The summed E-state index contributed by atoms with van der Waals surface area (Å²) in [5.74, 6) is -0.0535. The number of hydrazone groups is 1. The molecule has 0 radical (unpaired) electrons. The van der Waals surface area contributed by atoms with E-state index in [9.17, 15) is 5.11 Å². The minimum Gasteiger partial charge on any atom is -0.853 e. The average molecular weight is 160 g/mol. The molecule has 0 amide bonds. The zero-order valence-corrected chi connectivity index (χ0v) is 6.47. The Morgan fingerprint density at radius 1 is 1.33 bits per heavy atom. The van der Waals surface area contributed by atoms with E-state index in [1.807, 2.05) is 36.5 Å². The van der Waals surface area contributed by atoms with Gasteiger partial charge in [0.15, 0.2) is 0 Å². The number of nitrogens with zero attached hydrogens (tertiary/aromatic N) is 2. The topological polar surface area (TPSA) is 38.4 Å². The van der Waals surface area contributed by atoms with Gasteiger partial charge in [0.1, 0.15) is 5.90 Å². The molecule has 1 heterocycles. The van der Waals surface area contributed by atoms with Crippen LogP contribution in [0.25, 0.3) is 0 Å². The van der Waals surface area contributed by atoms with E-state index in [4.69, 9.17) is 0 Å². The third-order valence-corrected chi connectivity index (χ3v) is 1.63. The fourth-order valence-electron chi connectivity index (χ4n) is 1.06. The molecule has 0 unspecified atom stereocenters. The molecule has 1 aromatic rings. The molecule has 0 aliphatic carbocycles. The van der Waals surface area contributed by atoms with Crippen LogP contribution in [0.4, 0.5) is 0 Å². The van der Waals surface area contributed by atoms with Crippen LogP contribution < -0.4 is 5.11 Å². The maximum atomic E-state index is 10.5. The molecule has 0 atom stereocenters. The maximum absolute atomic E-state index is 10.5. The fraction of sp³-hybridized carbons (Fsp3) is 0.111. The van der Waals surface area contributed by atoms with Crippen molar-refractivity contribution in [1.82, 2.24) is 0 Å². The van der Waals surface area contributed by atoms with Crippen LogP contribution in [0.2, 0.25) is 0 Å². The summed E-state index contributed by atoms with van der Waals surface area (Å²) in [4.78, 5) is 0. The van der Waals surface area contributed by atoms with Crippen LogP contribution in [0.3, 0.4) is 0 Å². The van der Waals surface area contributed by atoms with Crippen molar-refractivity contribution in [2.24, 2.45) is 5.10 Å². The standard InChI is InChI=1S/C9H8N2O/c12-9-7-11(10-9)6-8-4-2-1-3-5-8/h1-6H,7H2/b11-6-. The summed E-state index contributed by atoms with van der Waals surface area (Å²) in [5.41, 5.74) is 1.06. The van der Waals surface area contributed by atoms with Gasteiger partial charge < -0.3 is 5.11 Å².